The highest BCUT2D eigenvalue weighted by atomic mass is 35.5. The van der Waals surface area contributed by atoms with Gasteiger partial charge in [0.15, 0.2) is 0 Å². The number of carbonyl (C=O) groups excluding carboxylic acids is 1. The number of carbonyl (C=O) groups is 1. The van der Waals surface area contributed by atoms with E-state index in [1.807, 2.05) is 37.3 Å². The van der Waals surface area contributed by atoms with Crippen LogP contribution < -0.4 is 0 Å². The fraction of sp³-hybridized carbons (Fsp3) is 0.500. The average Bonchev–Trinajstić information content (AvgIpc) is 2.36. The molecule has 0 unspecified atom stereocenters. The molecular formula is C14H18ClNO2. The van der Waals surface area contributed by atoms with Gasteiger partial charge in [-0.3, -0.25) is 0 Å². The number of alkyl halides is 1. The van der Waals surface area contributed by atoms with Gasteiger partial charge in [0.05, 0.1) is 4.87 Å². The maximum atomic E-state index is 11.9. The molecule has 1 aromatic rings. The summed E-state index contributed by atoms with van der Waals surface area (Å²) in [6.45, 7) is 3.57. The van der Waals surface area contributed by atoms with E-state index in [-0.39, 0.29) is 11.0 Å². The van der Waals surface area contributed by atoms with Crippen molar-refractivity contribution in [2.45, 2.75) is 31.2 Å². The third-order valence-corrected chi connectivity index (χ3v) is 3.42. The normalized spacial score (nSPS) is 23.8. The molecule has 1 saturated heterocycles. The molecule has 3 nitrogen and oxygen atoms in total. The zero-order valence-corrected chi connectivity index (χ0v) is 11.3. The molecule has 0 N–H and O–H groups in total. The number of amides is 1. The Morgan fingerprint density at radius 3 is 2.83 bits per heavy atom. The van der Waals surface area contributed by atoms with Crippen LogP contribution in [-0.2, 0) is 11.3 Å². The number of benzene rings is 1. The van der Waals surface area contributed by atoms with Crippen LogP contribution in [0.15, 0.2) is 30.3 Å². The largest absolute Gasteiger partial charge is 0.445 e. The van der Waals surface area contributed by atoms with E-state index in [2.05, 4.69) is 0 Å². The Bertz CT molecular complexity index is 406. The summed E-state index contributed by atoms with van der Waals surface area (Å²) in [5.74, 6) is 0. The Morgan fingerprint density at radius 2 is 2.17 bits per heavy atom. The topological polar surface area (TPSA) is 29.5 Å². The van der Waals surface area contributed by atoms with Gasteiger partial charge < -0.3 is 9.64 Å². The van der Waals surface area contributed by atoms with Crippen LogP contribution in [0.25, 0.3) is 0 Å². The van der Waals surface area contributed by atoms with E-state index in [0.717, 1.165) is 24.9 Å². The van der Waals surface area contributed by atoms with Crippen molar-refractivity contribution in [1.29, 1.82) is 0 Å². The van der Waals surface area contributed by atoms with Gasteiger partial charge in [0.2, 0.25) is 0 Å². The summed E-state index contributed by atoms with van der Waals surface area (Å²) >= 11 is 6.28. The first-order valence-electron chi connectivity index (χ1n) is 6.21. The zero-order chi connectivity index (χ0) is 13.0. The van der Waals surface area contributed by atoms with Gasteiger partial charge in [0.25, 0.3) is 0 Å². The first kappa shape index (κ1) is 13.2. The van der Waals surface area contributed by atoms with Crippen LogP contribution in [0, 0.1) is 0 Å². The van der Waals surface area contributed by atoms with Crippen LogP contribution in [0.1, 0.15) is 25.3 Å². The highest BCUT2D eigenvalue weighted by Crippen LogP contribution is 2.27. The van der Waals surface area contributed by atoms with Crippen LogP contribution >= 0.6 is 11.6 Å². The second-order valence-corrected chi connectivity index (χ2v) is 5.89. The van der Waals surface area contributed by atoms with E-state index in [1.54, 1.807) is 4.90 Å². The minimum absolute atomic E-state index is 0.273. The maximum absolute atomic E-state index is 11.9. The molecule has 0 bridgehead atoms. The molecule has 2 rings (SSSR count). The Hall–Kier alpha value is -1.22. The second kappa shape index (κ2) is 5.61. The molecule has 1 aliphatic heterocycles. The predicted molar refractivity (Wildman–Crippen MR) is 71.7 cm³/mol. The molecule has 4 heteroatoms. The number of nitrogens with zero attached hydrogens (tertiary/aromatic N) is 1. The van der Waals surface area contributed by atoms with E-state index < -0.39 is 0 Å². The van der Waals surface area contributed by atoms with Gasteiger partial charge in [0.1, 0.15) is 6.61 Å². The highest BCUT2D eigenvalue weighted by Gasteiger charge is 2.31. The molecule has 1 aliphatic rings. The molecular weight excluding hydrogens is 250 g/mol. The van der Waals surface area contributed by atoms with Crippen molar-refractivity contribution in [3.63, 3.8) is 0 Å². The summed E-state index contributed by atoms with van der Waals surface area (Å²) in [7, 11) is 0. The first-order valence-corrected chi connectivity index (χ1v) is 6.59. The number of piperidine rings is 1. The quantitative estimate of drug-likeness (QED) is 0.769. The van der Waals surface area contributed by atoms with Crippen LogP contribution in [0.2, 0.25) is 0 Å². The van der Waals surface area contributed by atoms with E-state index in [0.29, 0.717) is 13.2 Å². The third-order valence-electron chi connectivity index (χ3n) is 3.11. The number of rotatable bonds is 2. The molecule has 1 heterocycles. The lowest BCUT2D eigenvalue weighted by molar-refractivity contribution is 0.0839. The Kier molecular flexibility index (Phi) is 4.12. The average molecular weight is 268 g/mol. The summed E-state index contributed by atoms with van der Waals surface area (Å²) in [5, 5.41) is 0. The Balaban J connectivity index is 1.85. The van der Waals surface area contributed by atoms with Crippen molar-refractivity contribution in [2.75, 3.05) is 13.1 Å². The SMILES string of the molecule is C[C@]1(Cl)CCCN(C(=O)OCc2ccccc2)C1. The van der Waals surface area contributed by atoms with Crippen molar-refractivity contribution in [2.24, 2.45) is 0 Å². The van der Waals surface area contributed by atoms with Crippen molar-refractivity contribution < 1.29 is 9.53 Å². The summed E-state index contributed by atoms with van der Waals surface area (Å²) in [5.41, 5.74) is 0.997. The summed E-state index contributed by atoms with van der Waals surface area (Å²) in [6.07, 6.45) is 1.60. The van der Waals surface area contributed by atoms with Crippen molar-refractivity contribution >= 4 is 17.7 Å². The van der Waals surface area contributed by atoms with Crippen LogP contribution in [0.3, 0.4) is 0 Å². The summed E-state index contributed by atoms with van der Waals surface area (Å²) in [4.78, 5) is 13.3. The van der Waals surface area contributed by atoms with Gasteiger partial charge in [-0.05, 0) is 25.3 Å². The van der Waals surface area contributed by atoms with Gasteiger partial charge in [-0.1, -0.05) is 30.3 Å². The molecule has 0 aliphatic carbocycles. The van der Waals surface area contributed by atoms with Crippen LogP contribution in [-0.4, -0.2) is 29.0 Å². The predicted octanol–water partition coefficient (Wildman–Crippen LogP) is 3.42. The molecule has 0 saturated carbocycles. The molecule has 0 radical (unpaired) electrons. The van der Waals surface area contributed by atoms with Crippen molar-refractivity contribution in [1.82, 2.24) is 4.90 Å². The molecule has 1 amide bonds. The standard InChI is InChI=1S/C14H18ClNO2/c1-14(15)8-5-9-16(11-14)13(17)18-10-12-6-3-2-4-7-12/h2-4,6-7H,5,8-11H2,1H3/t14-/m0/s1. The van der Waals surface area contributed by atoms with Crippen LogP contribution in [0.5, 0.6) is 0 Å². The number of ether oxygens (including phenoxy) is 1. The maximum Gasteiger partial charge on any atom is 0.410 e. The molecule has 1 aromatic carbocycles. The van der Waals surface area contributed by atoms with Gasteiger partial charge in [-0.15, -0.1) is 11.6 Å². The number of halogens is 1. The molecule has 0 aromatic heterocycles. The minimum Gasteiger partial charge on any atom is -0.445 e. The molecule has 98 valence electrons. The Morgan fingerprint density at radius 1 is 1.44 bits per heavy atom. The van der Waals surface area contributed by atoms with E-state index in [4.69, 9.17) is 16.3 Å². The fourth-order valence-corrected chi connectivity index (χ4v) is 2.44. The fourth-order valence-electron chi connectivity index (χ4n) is 2.16. The van der Waals surface area contributed by atoms with E-state index in [9.17, 15) is 4.79 Å². The lowest BCUT2D eigenvalue weighted by Crippen LogP contribution is -2.45. The first-order chi connectivity index (χ1) is 8.57. The van der Waals surface area contributed by atoms with Crippen molar-refractivity contribution in [3.8, 4) is 0 Å². The summed E-state index contributed by atoms with van der Waals surface area (Å²) in [6, 6.07) is 9.68. The van der Waals surface area contributed by atoms with Crippen molar-refractivity contribution in [3.05, 3.63) is 35.9 Å². The second-order valence-electron chi connectivity index (χ2n) is 4.98. The van der Waals surface area contributed by atoms with Gasteiger partial charge in [0, 0.05) is 13.1 Å². The summed E-state index contributed by atoms with van der Waals surface area (Å²) < 4.78 is 5.29. The number of likely N-dealkylation sites (tertiary alicyclic amines) is 1. The smallest absolute Gasteiger partial charge is 0.410 e. The molecule has 0 spiro atoms. The molecule has 1 atom stereocenters. The lowest BCUT2D eigenvalue weighted by atomic mass is 10.00. The zero-order valence-electron chi connectivity index (χ0n) is 10.6. The number of hydrogen-bond donors (Lipinski definition) is 0. The van der Waals surface area contributed by atoms with Crippen LogP contribution in [0.4, 0.5) is 4.79 Å². The van der Waals surface area contributed by atoms with E-state index >= 15 is 0 Å². The number of hydrogen-bond acceptors (Lipinski definition) is 2. The third kappa shape index (κ3) is 3.64. The minimum atomic E-state index is -0.315. The van der Waals surface area contributed by atoms with E-state index in [1.165, 1.54) is 0 Å². The molecule has 1 fully saturated rings. The highest BCUT2D eigenvalue weighted by molar-refractivity contribution is 6.24. The molecule has 18 heavy (non-hydrogen) atoms. The monoisotopic (exact) mass is 267 g/mol. The Labute approximate surface area is 113 Å². The lowest BCUT2D eigenvalue weighted by Gasteiger charge is -2.35. The van der Waals surface area contributed by atoms with Gasteiger partial charge in [-0.2, -0.15) is 0 Å². The van der Waals surface area contributed by atoms with Gasteiger partial charge in [-0.25, -0.2) is 4.79 Å². The van der Waals surface area contributed by atoms with Gasteiger partial charge >= 0.3 is 6.09 Å².